The predicted octanol–water partition coefficient (Wildman–Crippen LogP) is 2.77. The van der Waals surface area contributed by atoms with Crippen LogP contribution in [0.1, 0.15) is 12.8 Å². The molecule has 2 rings (SSSR count). The molecule has 0 spiro atoms. The van der Waals surface area contributed by atoms with Crippen LogP contribution in [0, 0.1) is 0 Å². The minimum Gasteiger partial charge on any atom is -0.317 e. The van der Waals surface area contributed by atoms with Crippen molar-refractivity contribution >= 4 is 36.6 Å². The van der Waals surface area contributed by atoms with Crippen molar-refractivity contribution in [3.63, 3.8) is 0 Å². The highest BCUT2D eigenvalue weighted by molar-refractivity contribution is 8.00. The number of rotatable bonds is 2. The van der Waals surface area contributed by atoms with E-state index in [4.69, 9.17) is 0 Å². The number of hydrogen-bond acceptors (Lipinski definition) is 3. The quantitative estimate of drug-likeness (QED) is 0.892. The Morgan fingerprint density at radius 1 is 1.27 bits per heavy atom. The Balaban J connectivity index is 0.000000980. The van der Waals surface area contributed by atoms with Gasteiger partial charge in [-0.05, 0) is 38.1 Å². The highest BCUT2D eigenvalue weighted by Gasteiger charge is 2.13. The average Bonchev–Trinajstić information content (AvgIpc) is 2.21. The molecule has 15 heavy (non-hydrogen) atoms. The SMILES string of the molecule is Cl.Cl.c1cncc(SC2CCNCC2)c1. The third-order valence-electron chi connectivity index (χ3n) is 2.22. The van der Waals surface area contributed by atoms with E-state index in [2.05, 4.69) is 16.4 Å². The number of nitrogens with zero attached hydrogens (tertiary/aromatic N) is 1. The summed E-state index contributed by atoms with van der Waals surface area (Å²) in [7, 11) is 0. The van der Waals surface area contributed by atoms with Crippen LogP contribution >= 0.6 is 36.6 Å². The van der Waals surface area contributed by atoms with Crippen LogP contribution in [0.4, 0.5) is 0 Å². The highest BCUT2D eigenvalue weighted by atomic mass is 35.5. The third kappa shape index (κ3) is 5.07. The molecular weight excluding hydrogens is 251 g/mol. The van der Waals surface area contributed by atoms with Gasteiger partial charge >= 0.3 is 0 Å². The van der Waals surface area contributed by atoms with Crippen molar-refractivity contribution < 1.29 is 0 Å². The van der Waals surface area contributed by atoms with E-state index in [9.17, 15) is 0 Å². The minimum atomic E-state index is 0. The average molecular weight is 267 g/mol. The monoisotopic (exact) mass is 266 g/mol. The number of nitrogens with one attached hydrogen (secondary N) is 1. The van der Waals surface area contributed by atoms with Crippen molar-refractivity contribution in [3.8, 4) is 0 Å². The maximum absolute atomic E-state index is 4.11. The summed E-state index contributed by atoms with van der Waals surface area (Å²) in [5, 5.41) is 4.15. The smallest absolute Gasteiger partial charge is 0.0403 e. The van der Waals surface area contributed by atoms with E-state index < -0.39 is 0 Å². The van der Waals surface area contributed by atoms with Gasteiger partial charge in [0.15, 0.2) is 0 Å². The Morgan fingerprint density at radius 3 is 2.60 bits per heavy atom. The molecule has 0 saturated carbocycles. The molecule has 0 atom stereocenters. The van der Waals surface area contributed by atoms with Gasteiger partial charge in [-0.2, -0.15) is 0 Å². The van der Waals surface area contributed by atoms with Gasteiger partial charge in [-0.15, -0.1) is 36.6 Å². The zero-order valence-corrected chi connectivity index (χ0v) is 10.8. The number of piperidine rings is 1. The van der Waals surface area contributed by atoms with Gasteiger partial charge in [0.05, 0.1) is 0 Å². The fraction of sp³-hybridized carbons (Fsp3) is 0.500. The van der Waals surface area contributed by atoms with Gasteiger partial charge in [0.2, 0.25) is 0 Å². The van der Waals surface area contributed by atoms with E-state index in [1.54, 1.807) is 0 Å². The fourth-order valence-corrected chi connectivity index (χ4v) is 2.66. The van der Waals surface area contributed by atoms with Crippen molar-refractivity contribution in [2.24, 2.45) is 0 Å². The van der Waals surface area contributed by atoms with E-state index in [-0.39, 0.29) is 24.8 Å². The molecule has 0 bridgehead atoms. The summed E-state index contributed by atoms with van der Waals surface area (Å²) in [6, 6.07) is 4.14. The Labute approximate surface area is 107 Å². The van der Waals surface area contributed by atoms with Crippen LogP contribution in [0.25, 0.3) is 0 Å². The van der Waals surface area contributed by atoms with Gasteiger partial charge in [0.25, 0.3) is 0 Å². The first-order valence-corrected chi connectivity index (χ1v) is 5.60. The maximum Gasteiger partial charge on any atom is 0.0403 e. The Bertz CT molecular complexity index is 253. The molecule has 1 aliphatic rings. The van der Waals surface area contributed by atoms with E-state index in [1.165, 1.54) is 17.7 Å². The molecule has 0 radical (unpaired) electrons. The van der Waals surface area contributed by atoms with E-state index in [1.807, 2.05) is 30.2 Å². The summed E-state index contributed by atoms with van der Waals surface area (Å²) < 4.78 is 0. The van der Waals surface area contributed by atoms with Crippen molar-refractivity contribution in [2.45, 2.75) is 23.0 Å². The normalized spacial score (nSPS) is 16.3. The lowest BCUT2D eigenvalue weighted by atomic mass is 10.2. The zero-order valence-electron chi connectivity index (χ0n) is 8.39. The van der Waals surface area contributed by atoms with Gasteiger partial charge < -0.3 is 5.32 Å². The molecule has 1 fully saturated rings. The second-order valence-corrected chi connectivity index (χ2v) is 4.63. The third-order valence-corrected chi connectivity index (χ3v) is 3.54. The Hall–Kier alpha value is 0.0400. The molecule has 1 N–H and O–H groups in total. The second kappa shape index (κ2) is 8.22. The van der Waals surface area contributed by atoms with E-state index >= 15 is 0 Å². The zero-order chi connectivity index (χ0) is 8.93. The van der Waals surface area contributed by atoms with Gasteiger partial charge in [-0.1, -0.05) is 0 Å². The van der Waals surface area contributed by atoms with Crippen LogP contribution < -0.4 is 5.32 Å². The molecule has 1 saturated heterocycles. The number of aromatic nitrogens is 1. The topological polar surface area (TPSA) is 24.9 Å². The second-order valence-electron chi connectivity index (χ2n) is 3.26. The number of thioether (sulfide) groups is 1. The predicted molar refractivity (Wildman–Crippen MR) is 70.5 cm³/mol. The molecule has 1 aromatic rings. The summed E-state index contributed by atoms with van der Waals surface area (Å²) in [6.07, 6.45) is 6.33. The van der Waals surface area contributed by atoms with Crippen molar-refractivity contribution in [1.82, 2.24) is 10.3 Å². The molecular formula is C10H16Cl2N2S. The molecule has 2 nitrogen and oxygen atoms in total. The number of hydrogen-bond donors (Lipinski definition) is 1. The van der Waals surface area contributed by atoms with Crippen LogP contribution in [0.3, 0.4) is 0 Å². The van der Waals surface area contributed by atoms with Crippen molar-refractivity contribution in [1.29, 1.82) is 0 Å². The van der Waals surface area contributed by atoms with Crippen LogP contribution in [-0.2, 0) is 0 Å². The molecule has 0 aliphatic carbocycles. The molecule has 86 valence electrons. The number of halogens is 2. The van der Waals surface area contributed by atoms with E-state index in [0.717, 1.165) is 18.3 Å². The van der Waals surface area contributed by atoms with Crippen molar-refractivity contribution in [3.05, 3.63) is 24.5 Å². The molecule has 2 heterocycles. The van der Waals surface area contributed by atoms with Crippen LogP contribution in [0.15, 0.2) is 29.4 Å². The minimum absolute atomic E-state index is 0. The summed E-state index contributed by atoms with van der Waals surface area (Å²) in [4.78, 5) is 5.41. The van der Waals surface area contributed by atoms with Crippen LogP contribution in [0.5, 0.6) is 0 Å². The van der Waals surface area contributed by atoms with Gasteiger partial charge in [-0.25, -0.2) is 0 Å². The van der Waals surface area contributed by atoms with Gasteiger partial charge in [0.1, 0.15) is 0 Å². The summed E-state index contributed by atoms with van der Waals surface area (Å²) in [5.74, 6) is 0. The first kappa shape index (κ1) is 15.0. The lowest BCUT2D eigenvalue weighted by Crippen LogP contribution is -2.29. The Morgan fingerprint density at radius 2 is 2.00 bits per heavy atom. The molecule has 5 heteroatoms. The summed E-state index contributed by atoms with van der Waals surface area (Å²) in [6.45, 7) is 2.33. The molecule has 1 aromatic heterocycles. The molecule has 0 aromatic carbocycles. The molecule has 0 unspecified atom stereocenters. The van der Waals surface area contributed by atoms with Gasteiger partial charge in [-0.3, -0.25) is 4.98 Å². The highest BCUT2D eigenvalue weighted by Crippen LogP contribution is 2.27. The first-order valence-electron chi connectivity index (χ1n) is 4.72. The fourth-order valence-electron chi connectivity index (χ4n) is 1.52. The molecule has 0 amide bonds. The van der Waals surface area contributed by atoms with Gasteiger partial charge in [0, 0.05) is 22.5 Å². The van der Waals surface area contributed by atoms with Crippen LogP contribution in [0.2, 0.25) is 0 Å². The maximum atomic E-state index is 4.11. The lowest BCUT2D eigenvalue weighted by molar-refractivity contribution is 0.531. The standard InChI is InChI=1S/C10H14N2S.2ClH/c1-2-10(8-12-5-1)13-9-3-6-11-7-4-9;;/h1-2,5,8-9,11H,3-4,6-7H2;2*1H. The molecule has 1 aliphatic heterocycles. The largest absolute Gasteiger partial charge is 0.317 e. The Kier molecular flexibility index (Phi) is 8.24. The lowest BCUT2D eigenvalue weighted by Gasteiger charge is -2.21. The van der Waals surface area contributed by atoms with Crippen molar-refractivity contribution in [2.75, 3.05) is 13.1 Å². The summed E-state index contributed by atoms with van der Waals surface area (Å²) in [5.41, 5.74) is 0. The van der Waals surface area contributed by atoms with E-state index in [0.29, 0.717) is 0 Å². The first-order chi connectivity index (χ1) is 6.45. The summed E-state index contributed by atoms with van der Waals surface area (Å²) >= 11 is 1.96. The van der Waals surface area contributed by atoms with Crippen LogP contribution in [-0.4, -0.2) is 23.3 Å². The number of pyridine rings is 1.